The van der Waals surface area contributed by atoms with Crippen LogP contribution in [0, 0.1) is 0 Å². The van der Waals surface area contributed by atoms with Crippen molar-refractivity contribution in [2.24, 2.45) is 5.73 Å². The molecule has 0 aromatic rings. The molecular weight excluding hydrogens is 196 g/mol. The summed E-state index contributed by atoms with van der Waals surface area (Å²) >= 11 is 0. The molecule has 3 N–H and O–H groups in total. The number of amides is 1. The molecule has 1 amide bonds. The number of hydrogen-bond acceptors (Lipinski definition) is 4. The first-order valence-corrected chi connectivity index (χ1v) is 4.94. The standard InChI is InChI=1S/C10H22N2O3/c1-9(2,3)15-8(13)12(5)7-10(4,14)6-11/h14H,6-7,11H2,1-5H3. The van der Waals surface area contributed by atoms with E-state index in [4.69, 9.17) is 10.5 Å². The van der Waals surface area contributed by atoms with E-state index < -0.39 is 17.3 Å². The summed E-state index contributed by atoms with van der Waals surface area (Å²) in [5, 5.41) is 9.67. The quantitative estimate of drug-likeness (QED) is 0.726. The zero-order valence-electron chi connectivity index (χ0n) is 10.2. The van der Waals surface area contributed by atoms with Crippen LogP contribution in [-0.2, 0) is 4.74 Å². The second-order valence-electron chi connectivity index (χ2n) is 5.04. The van der Waals surface area contributed by atoms with E-state index >= 15 is 0 Å². The van der Waals surface area contributed by atoms with Crippen molar-refractivity contribution >= 4 is 6.09 Å². The van der Waals surface area contributed by atoms with Gasteiger partial charge >= 0.3 is 6.09 Å². The Morgan fingerprint density at radius 2 is 1.87 bits per heavy atom. The third-order valence-corrected chi connectivity index (χ3v) is 1.72. The lowest BCUT2D eigenvalue weighted by Crippen LogP contribution is -2.47. The topological polar surface area (TPSA) is 75.8 Å². The molecule has 0 aliphatic rings. The summed E-state index contributed by atoms with van der Waals surface area (Å²) < 4.78 is 5.12. The van der Waals surface area contributed by atoms with Crippen molar-refractivity contribution in [1.82, 2.24) is 4.90 Å². The number of nitrogens with zero attached hydrogens (tertiary/aromatic N) is 1. The fourth-order valence-electron chi connectivity index (χ4n) is 0.980. The Bertz CT molecular complexity index is 221. The second kappa shape index (κ2) is 4.81. The predicted octanol–water partition coefficient (Wildman–Crippen LogP) is 0.563. The van der Waals surface area contributed by atoms with E-state index in [9.17, 15) is 9.90 Å². The fourth-order valence-corrected chi connectivity index (χ4v) is 0.980. The Hall–Kier alpha value is -0.810. The molecule has 0 bridgehead atoms. The lowest BCUT2D eigenvalue weighted by Gasteiger charge is -2.29. The highest BCUT2D eigenvalue weighted by atomic mass is 16.6. The van der Waals surface area contributed by atoms with E-state index in [1.54, 1.807) is 34.7 Å². The van der Waals surface area contributed by atoms with Gasteiger partial charge in [-0.05, 0) is 27.7 Å². The van der Waals surface area contributed by atoms with Crippen LogP contribution < -0.4 is 5.73 Å². The van der Waals surface area contributed by atoms with Gasteiger partial charge in [0, 0.05) is 13.6 Å². The highest BCUT2D eigenvalue weighted by molar-refractivity contribution is 5.67. The summed E-state index contributed by atoms with van der Waals surface area (Å²) in [6.07, 6.45) is -0.462. The summed E-state index contributed by atoms with van der Waals surface area (Å²) in [7, 11) is 1.57. The number of nitrogens with two attached hydrogens (primary N) is 1. The van der Waals surface area contributed by atoms with Crippen molar-refractivity contribution in [2.75, 3.05) is 20.1 Å². The minimum Gasteiger partial charge on any atom is -0.444 e. The van der Waals surface area contributed by atoms with Gasteiger partial charge in [-0.15, -0.1) is 0 Å². The normalized spacial score (nSPS) is 15.7. The fraction of sp³-hybridized carbons (Fsp3) is 0.900. The number of hydrogen-bond donors (Lipinski definition) is 2. The molecular formula is C10H22N2O3. The molecule has 0 rings (SSSR count). The number of likely N-dealkylation sites (N-methyl/N-ethyl adjacent to an activating group) is 1. The maximum atomic E-state index is 11.5. The van der Waals surface area contributed by atoms with Crippen LogP contribution in [0.4, 0.5) is 4.79 Å². The Labute approximate surface area is 91.2 Å². The summed E-state index contributed by atoms with van der Waals surface area (Å²) in [5.41, 5.74) is 3.75. The van der Waals surface area contributed by atoms with E-state index in [1.807, 2.05) is 0 Å². The van der Waals surface area contributed by atoms with Gasteiger partial charge in [0.05, 0.1) is 12.1 Å². The Morgan fingerprint density at radius 1 is 1.40 bits per heavy atom. The molecule has 0 aliphatic heterocycles. The second-order valence-corrected chi connectivity index (χ2v) is 5.04. The molecule has 0 spiro atoms. The van der Waals surface area contributed by atoms with Gasteiger partial charge in [0.15, 0.2) is 0 Å². The molecule has 0 aromatic carbocycles. The van der Waals surface area contributed by atoms with Crippen LogP contribution in [0.25, 0.3) is 0 Å². The van der Waals surface area contributed by atoms with Gasteiger partial charge in [-0.3, -0.25) is 0 Å². The molecule has 90 valence electrons. The van der Waals surface area contributed by atoms with Crippen molar-refractivity contribution in [1.29, 1.82) is 0 Å². The van der Waals surface area contributed by atoms with Crippen molar-refractivity contribution in [3.63, 3.8) is 0 Å². The molecule has 0 fully saturated rings. The minimum atomic E-state index is -1.08. The first-order chi connectivity index (χ1) is 6.57. The zero-order valence-corrected chi connectivity index (χ0v) is 10.2. The van der Waals surface area contributed by atoms with Crippen molar-refractivity contribution < 1.29 is 14.6 Å². The third kappa shape index (κ3) is 6.30. The van der Waals surface area contributed by atoms with Crippen LogP contribution >= 0.6 is 0 Å². The summed E-state index contributed by atoms with van der Waals surface area (Å²) in [5.74, 6) is 0. The van der Waals surface area contributed by atoms with Crippen molar-refractivity contribution in [3.05, 3.63) is 0 Å². The van der Waals surface area contributed by atoms with Crippen molar-refractivity contribution in [2.45, 2.75) is 38.9 Å². The zero-order chi connectivity index (χ0) is 12.3. The van der Waals surface area contributed by atoms with E-state index in [0.717, 1.165) is 0 Å². The maximum absolute atomic E-state index is 11.5. The van der Waals surface area contributed by atoms with Gasteiger partial charge in [0.1, 0.15) is 5.60 Å². The average Bonchev–Trinajstić information content (AvgIpc) is 2.00. The molecule has 0 saturated carbocycles. The number of carbonyl (C=O) groups excluding carboxylic acids is 1. The van der Waals surface area contributed by atoms with Crippen LogP contribution in [0.15, 0.2) is 0 Å². The monoisotopic (exact) mass is 218 g/mol. The number of carbonyl (C=O) groups is 1. The molecule has 5 nitrogen and oxygen atoms in total. The van der Waals surface area contributed by atoms with Gasteiger partial charge in [-0.1, -0.05) is 0 Å². The molecule has 0 aliphatic carbocycles. The number of rotatable bonds is 3. The number of aliphatic hydroxyl groups is 1. The Balaban J connectivity index is 4.23. The largest absolute Gasteiger partial charge is 0.444 e. The van der Waals surface area contributed by atoms with Gasteiger partial charge < -0.3 is 20.5 Å². The van der Waals surface area contributed by atoms with Crippen LogP contribution in [0.3, 0.4) is 0 Å². The minimum absolute atomic E-state index is 0.0974. The lowest BCUT2D eigenvalue weighted by molar-refractivity contribution is 0.000312. The van der Waals surface area contributed by atoms with E-state index in [1.165, 1.54) is 4.90 Å². The lowest BCUT2D eigenvalue weighted by atomic mass is 10.1. The maximum Gasteiger partial charge on any atom is 0.410 e. The van der Waals surface area contributed by atoms with Crippen LogP contribution in [-0.4, -0.2) is 47.4 Å². The van der Waals surface area contributed by atoms with Crippen molar-refractivity contribution in [3.8, 4) is 0 Å². The summed E-state index contributed by atoms with van der Waals surface area (Å²) in [4.78, 5) is 12.8. The molecule has 0 aromatic heterocycles. The van der Waals surface area contributed by atoms with E-state index in [2.05, 4.69) is 0 Å². The number of ether oxygens (including phenoxy) is 1. The predicted molar refractivity (Wildman–Crippen MR) is 58.5 cm³/mol. The van der Waals surface area contributed by atoms with Crippen LogP contribution in [0.1, 0.15) is 27.7 Å². The Morgan fingerprint density at radius 3 is 2.20 bits per heavy atom. The molecule has 1 atom stereocenters. The smallest absolute Gasteiger partial charge is 0.410 e. The van der Waals surface area contributed by atoms with E-state index in [-0.39, 0.29) is 13.1 Å². The average molecular weight is 218 g/mol. The molecule has 0 heterocycles. The van der Waals surface area contributed by atoms with Crippen LogP contribution in [0.5, 0.6) is 0 Å². The van der Waals surface area contributed by atoms with Crippen LogP contribution in [0.2, 0.25) is 0 Å². The summed E-state index contributed by atoms with van der Waals surface area (Å²) in [6, 6.07) is 0. The third-order valence-electron chi connectivity index (χ3n) is 1.72. The molecule has 0 radical (unpaired) electrons. The molecule has 15 heavy (non-hydrogen) atoms. The SMILES string of the molecule is CN(CC(C)(O)CN)C(=O)OC(C)(C)C. The highest BCUT2D eigenvalue weighted by Crippen LogP contribution is 2.11. The summed E-state index contributed by atoms with van der Waals surface area (Å²) in [6.45, 7) is 7.20. The first-order valence-electron chi connectivity index (χ1n) is 4.94. The first kappa shape index (κ1) is 14.2. The van der Waals surface area contributed by atoms with Gasteiger partial charge in [-0.25, -0.2) is 4.79 Å². The highest BCUT2D eigenvalue weighted by Gasteiger charge is 2.26. The molecule has 0 saturated heterocycles. The van der Waals surface area contributed by atoms with E-state index in [0.29, 0.717) is 0 Å². The Kier molecular flexibility index (Phi) is 4.55. The molecule has 5 heteroatoms. The van der Waals surface area contributed by atoms with Gasteiger partial charge in [0.25, 0.3) is 0 Å². The molecule has 1 unspecified atom stereocenters. The van der Waals surface area contributed by atoms with Gasteiger partial charge in [-0.2, -0.15) is 0 Å². The van der Waals surface area contributed by atoms with Gasteiger partial charge in [0.2, 0.25) is 0 Å².